The minimum absolute atomic E-state index is 0.279. The summed E-state index contributed by atoms with van der Waals surface area (Å²) in [5.74, 6) is 2.73. The Bertz CT molecular complexity index is 421. The van der Waals surface area contributed by atoms with E-state index in [0.29, 0.717) is 6.04 Å². The Hall–Kier alpha value is -1.18. The SMILES string of the molecule is CCC(C)Oc1cccc(NC2CCC(C(C)C)CC2)c1. The topological polar surface area (TPSA) is 21.3 Å². The third-order valence-corrected chi connectivity index (χ3v) is 4.83. The second kappa shape index (κ2) is 7.72. The van der Waals surface area contributed by atoms with Crippen molar-refractivity contribution in [2.75, 3.05) is 5.32 Å². The molecule has 21 heavy (non-hydrogen) atoms. The molecule has 1 N–H and O–H groups in total. The molecule has 1 aliphatic rings. The number of nitrogens with one attached hydrogen (secondary N) is 1. The van der Waals surface area contributed by atoms with Crippen molar-refractivity contribution in [3.8, 4) is 5.75 Å². The van der Waals surface area contributed by atoms with E-state index in [1.807, 2.05) is 6.07 Å². The minimum Gasteiger partial charge on any atom is -0.491 e. The molecule has 0 aliphatic heterocycles. The van der Waals surface area contributed by atoms with Crippen LogP contribution in [0.3, 0.4) is 0 Å². The van der Waals surface area contributed by atoms with Gasteiger partial charge in [0, 0.05) is 17.8 Å². The van der Waals surface area contributed by atoms with Crippen LogP contribution < -0.4 is 10.1 Å². The maximum atomic E-state index is 5.90. The van der Waals surface area contributed by atoms with Crippen LogP contribution in [0.4, 0.5) is 5.69 Å². The van der Waals surface area contributed by atoms with E-state index in [1.165, 1.54) is 31.4 Å². The van der Waals surface area contributed by atoms with Crippen molar-refractivity contribution in [1.29, 1.82) is 0 Å². The van der Waals surface area contributed by atoms with Crippen molar-refractivity contribution < 1.29 is 4.74 Å². The summed E-state index contributed by atoms with van der Waals surface area (Å²) in [4.78, 5) is 0. The molecule has 0 spiro atoms. The molecular weight excluding hydrogens is 258 g/mol. The highest BCUT2D eigenvalue weighted by Gasteiger charge is 2.23. The van der Waals surface area contributed by atoms with Crippen molar-refractivity contribution in [2.45, 2.75) is 71.9 Å². The molecule has 1 aromatic rings. The average molecular weight is 289 g/mol. The van der Waals surface area contributed by atoms with E-state index < -0.39 is 0 Å². The van der Waals surface area contributed by atoms with Gasteiger partial charge in [0.05, 0.1) is 6.10 Å². The van der Waals surface area contributed by atoms with E-state index in [2.05, 4.69) is 51.2 Å². The summed E-state index contributed by atoms with van der Waals surface area (Å²) in [5, 5.41) is 3.69. The van der Waals surface area contributed by atoms with Gasteiger partial charge in [-0.05, 0) is 63.0 Å². The Morgan fingerprint density at radius 2 is 1.86 bits per heavy atom. The van der Waals surface area contributed by atoms with E-state index >= 15 is 0 Å². The van der Waals surface area contributed by atoms with Gasteiger partial charge in [-0.1, -0.05) is 26.8 Å². The summed E-state index contributed by atoms with van der Waals surface area (Å²) in [5.41, 5.74) is 1.20. The Balaban J connectivity index is 1.87. The van der Waals surface area contributed by atoms with Crippen LogP contribution in [-0.4, -0.2) is 12.1 Å². The first-order chi connectivity index (χ1) is 10.1. The smallest absolute Gasteiger partial charge is 0.121 e. The van der Waals surface area contributed by atoms with Crippen LogP contribution in [-0.2, 0) is 0 Å². The van der Waals surface area contributed by atoms with Gasteiger partial charge in [-0.3, -0.25) is 0 Å². The molecule has 2 rings (SSSR count). The largest absolute Gasteiger partial charge is 0.491 e. The van der Waals surface area contributed by atoms with Crippen LogP contribution >= 0.6 is 0 Å². The molecule has 0 saturated heterocycles. The first kappa shape index (κ1) is 16.2. The molecule has 2 nitrogen and oxygen atoms in total. The third kappa shape index (κ3) is 4.94. The molecule has 0 bridgehead atoms. The fourth-order valence-electron chi connectivity index (χ4n) is 3.14. The summed E-state index contributed by atoms with van der Waals surface area (Å²) >= 11 is 0. The number of benzene rings is 1. The van der Waals surface area contributed by atoms with E-state index in [9.17, 15) is 0 Å². The highest BCUT2D eigenvalue weighted by Crippen LogP contribution is 2.31. The van der Waals surface area contributed by atoms with Crippen LogP contribution in [0.25, 0.3) is 0 Å². The van der Waals surface area contributed by atoms with Gasteiger partial charge in [0.1, 0.15) is 5.75 Å². The average Bonchev–Trinajstić information content (AvgIpc) is 2.48. The van der Waals surface area contributed by atoms with E-state index in [0.717, 1.165) is 24.0 Å². The lowest BCUT2D eigenvalue weighted by Crippen LogP contribution is -2.27. The molecule has 0 amide bonds. The lowest BCUT2D eigenvalue weighted by Gasteiger charge is -2.32. The van der Waals surface area contributed by atoms with Crippen LogP contribution in [0.1, 0.15) is 59.8 Å². The summed E-state index contributed by atoms with van der Waals surface area (Å²) in [6.45, 7) is 8.98. The number of hydrogen-bond acceptors (Lipinski definition) is 2. The summed E-state index contributed by atoms with van der Waals surface area (Å²) in [6, 6.07) is 9.05. The van der Waals surface area contributed by atoms with Crippen molar-refractivity contribution in [2.24, 2.45) is 11.8 Å². The molecule has 1 aliphatic carbocycles. The highest BCUT2D eigenvalue weighted by molar-refractivity contribution is 5.49. The van der Waals surface area contributed by atoms with Crippen molar-refractivity contribution in [3.63, 3.8) is 0 Å². The molecule has 2 heteroatoms. The normalized spacial score (nSPS) is 23.9. The zero-order valence-electron chi connectivity index (χ0n) is 14.1. The molecule has 1 aromatic carbocycles. The zero-order chi connectivity index (χ0) is 15.2. The van der Waals surface area contributed by atoms with Gasteiger partial charge in [0.15, 0.2) is 0 Å². The van der Waals surface area contributed by atoms with Gasteiger partial charge in [0.2, 0.25) is 0 Å². The van der Waals surface area contributed by atoms with E-state index in [-0.39, 0.29) is 6.10 Å². The van der Waals surface area contributed by atoms with Gasteiger partial charge >= 0.3 is 0 Å². The second-order valence-electron chi connectivity index (χ2n) is 6.86. The second-order valence-corrected chi connectivity index (χ2v) is 6.86. The molecule has 1 fully saturated rings. The molecular formula is C19H31NO. The predicted octanol–water partition coefficient (Wildman–Crippen LogP) is 5.49. The predicted molar refractivity (Wildman–Crippen MR) is 91.0 cm³/mol. The fourth-order valence-corrected chi connectivity index (χ4v) is 3.14. The monoisotopic (exact) mass is 289 g/mol. The Labute approximate surface area is 130 Å². The lowest BCUT2D eigenvalue weighted by atomic mass is 9.79. The third-order valence-electron chi connectivity index (χ3n) is 4.83. The highest BCUT2D eigenvalue weighted by atomic mass is 16.5. The Morgan fingerprint density at radius 3 is 2.48 bits per heavy atom. The maximum absolute atomic E-state index is 5.90. The molecule has 1 atom stereocenters. The van der Waals surface area contributed by atoms with Gasteiger partial charge < -0.3 is 10.1 Å². The first-order valence-corrected chi connectivity index (χ1v) is 8.61. The van der Waals surface area contributed by atoms with Crippen molar-refractivity contribution >= 4 is 5.69 Å². The van der Waals surface area contributed by atoms with Crippen molar-refractivity contribution in [1.82, 2.24) is 0 Å². The molecule has 1 saturated carbocycles. The van der Waals surface area contributed by atoms with Crippen molar-refractivity contribution in [3.05, 3.63) is 24.3 Å². The number of anilines is 1. The summed E-state index contributed by atoms with van der Waals surface area (Å²) in [7, 11) is 0. The first-order valence-electron chi connectivity index (χ1n) is 8.61. The fraction of sp³-hybridized carbons (Fsp3) is 0.684. The minimum atomic E-state index is 0.279. The zero-order valence-corrected chi connectivity index (χ0v) is 14.1. The number of rotatable bonds is 6. The lowest BCUT2D eigenvalue weighted by molar-refractivity contribution is 0.217. The summed E-state index contributed by atoms with van der Waals surface area (Å²) < 4.78 is 5.90. The van der Waals surface area contributed by atoms with Gasteiger partial charge in [-0.25, -0.2) is 0 Å². The molecule has 0 aromatic heterocycles. The Morgan fingerprint density at radius 1 is 1.14 bits per heavy atom. The van der Waals surface area contributed by atoms with Gasteiger partial charge in [-0.2, -0.15) is 0 Å². The molecule has 0 radical (unpaired) electrons. The van der Waals surface area contributed by atoms with Crippen LogP contribution in [0.2, 0.25) is 0 Å². The molecule has 1 unspecified atom stereocenters. The maximum Gasteiger partial charge on any atom is 0.121 e. The number of ether oxygens (including phenoxy) is 1. The van der Waals surface area contributed by atoms with Crippen LogP contribution in [0.5, 0.6) is 5.75 Å². The van der Waals surface area contributed by atoms with Crippen LogP contribution in [0.15, 0.2) is 24.3 Å². The van der Waals surface area contributed by atoms with E-state index in [1.54, 1.807) is 0 Å². The number of hydrogen-bond donors (Lipinski definition) is 1. The van der Waals surface area contributed by atoms with Gasteiger partial charge in [0.25, 0.3) is 0 Å². The summed E-state index contributed by atoms with van der Waals surface area (Å²) in [6.07, 6.45) is 6.62. The quantitative estimate of drug-likeness (QED) is 0.747. The molecule has 118 valence electrons. The van der Waals surface area contributed by atoms with Gasteiger partial charge in [-0.15, -0.1) is 0 Å². The Kier molecular flexibility index (Phi) is 5.96. The van der Waals surface area contributed by atoms with E-state index in [4.69, 9.17) is 4.74 Å². The standard InChI is InChI=1S/C19H31NO/c1-5-15(4)21-19-8-6-7-18(13-19)20-17-11-9-16(10-12-17)14(2)3/h6-8,13-17,20H,5,9-12H2,1-4H3. The molecule has 0 heterocycles. The van der Waals surface area contributed by atoms with Crippen LogP contribution in [0, 0.1) is 11.8 Å².